The molecule has 0 bridgehead atoms. The summed E-state index contributed by atoms with van der Waals surface area (Å²) in [5.41, 5.74) is 6.87. The Labute approximate surface area is 234 Å². The van der Waals surface area contributed by atoms with E-state index in [0.717, 1.165) is 22.6 Å². The van der Waals surface area contributed by atoms with Crippen LogP contribution in [0, 0.1) is 5.41 Å². The number of Topliss-reactive ketones (excluding diaryl/α,β-unsaturated/α-hetero) is 2. The predicted octanol–water partition coefficient (Wildman–Crippen LogP) is 5.71. The molecule has 3 N–H and O–H groups in total. The lowest BCUT2D eigenvalue weighted by molar-refractivity contribution is -0.124. The Bertz CT molecular complexity index is 1300. The lowest BCUT2D eigenvalue weighted by Gasteiger charge is -2.30. The molecule has 2 aliphatic carbocycles. The van der Waals surface area contributed by atoms with Crippen LogP contribution in [0.1, 0.15) is 78.4 Å². The molecule has 38 heavy (non-hydrogen) atoms. The monoisotopic (exact) mass is 639 g/mol. The molecule has 4 rings (SSSR count). The van der Waals surface area contributed by atoms with Gasteiger partial charge in [0.1, 0.15) is 6.61 Å². The van der Waals surface area contributed by atoms with Crippen LogP contribution >= 0.6 is 22.6 Å². The van der Waals surface area contributed by atoms with Gasteiger partial charge in [0.05, 0.1) is 17.2 Å². The maximum atomic E-state index is 14.6. The minimum Gasteiger partial charge on any atom is -0.378 e. The summed E-state index contributed by atoms with van der Waals surface area (Å²) in [7, 11) is 0. The van der Waals surface area contributed by atoms with E-state index in [0.29, 0.717) is 42.8 Å². The molecule has 0 unspecified atom stereocenters. The highest BCUT2D eigenvalue weighted by Gasteiger charge is 2.42. The molecule has 0 saturated heterocycles. The molecule has 0 fully saturated rings. The molecule has 1 aromatic carbocycles. The number of carbonyl (C=O) groups is 3. The topological polar surface area (TPSA) is 103 Å². The van der Waals surface area contributed by atoms with Gasteiger partial charge in [0.25, 0.3) is 5.91 Å². The van der Waals surface area contributed by atoms with Crippen molar-refractivity contribution >= 4 is 45.8 Å². The molecule has 204 valence electrons. The number of carbonyl (C=O) groups excluding carboxylic acids is 3. The number of alkyl halides is 3. The second kappa shape index (κ2) is 10.9. The molecule has 1 aromatic heterocycles. The van der Waals surface area contributed by atoms with Crippen LogP contribution in [-0.4, -0.2) is 40.8 Å². The van der Waals surface area contributed by atoms with Crippen LogP contribution in [0.4, 0.5) is 14.5 Å². The van der Waals surface area contributed by atoms with Crippen LogP contribution in [0.25, 0.3) is 5.69 Å². The second-order valence-corrected chi connectivity index (χ2v) is 12.1. The quantitative estimate of drug-likeness (QED) is 0.208. The minimum absolute atomic E-state index is 0.0438. The Morgan fingerprint density at radius 2 is 1.97 bits per heavy atom. The minimum atomic E-state index is -3.22. The van der Waals surface area contributed by atoms with E-state index < -0.39 is 9.84 Å². The van der Waals surface area contributed by atoms with Crippen LogP contribution in [0.15, 0.2) is 36.5 Å². The van der Waals surface area contributed by atoms with E-state index in [4.69, 9.17) is 10.5 Å². The predicted molar refractivity (Wildman–Crippen MR) is 149 cm³/mol. The van der Waals surface area contributed by atoms with Gasteiger partial charge in [0.2, 0.25) is 0 Å². The fourth-order valence-electron chi connectivity index (χ4n) is 5.09. The SMILES string of the molecule is CCC(=O)CO[C@H]1C=C[C@H](Nc2cc(-n3cc(C(F)(F)I)c4c3CC(C)(C)CC4=O)ccc2C(N)=O)CC1. The summed E-state index contributed by atoms with van der Waals surface area (Å²) in [5, 5.41) is 3.34. The first-order valence-electron chi connectivity index (χ1n) is 12.7. The molecule has 0 aliphatic heterocycles. The zero-order chi connectivity index (χ0) is 27.8. The molecular formula is C28H32F2IN3O4. The van der Waals surface area contributed by atoms with Crippen molar-refractivity contribution in [3.63, 3.8) is 0 Å². The fraction of sp³-hybridized carbons (Fsp3) is 0.464. The second-order valence-electron chi connectivity index (χ2n) is 10.7. The Hall–Kier alpha value is -2.60. The van der Waals surface area contributed by atoms with E-state index in [9.17, 15) is 23.2 Å². The molecule has 10 heteroatoms. The summed E-state index contributed by atoms with van der Waals surface area (Å²) in [6, 6.07) is 4.80. The van der Waals surface area contributed by atoms with Crippen LogP contribution in [0.2, 0.25) is 0 Å². The van der Waals surface area contributed by atoms with Crippen LogP contribution in [-0.2, 0) is 19.9 Å². The van der Waals surface area contributed by atoms with Crippen LogP contribution in [0.3, 0.4) is 0 Å². The first kappa shape index (κ1) is 28.4. The number of nitrogens with two attached hydrogens (primary N) is 1. The summed E-state index contributed by atoms with van der Waals surface area (Å²) >= 11 is 1.06. The number of anilines is 1. The van der Waals surface area contributed by atoms with Gasteiger partial charge < -0.3 is 20.4 Å². The molecule has 2 atom stereocenters. The number of ketones is 2. The number of aromatic nitrogens is 1. The van der Waals surface area contributed by atoms with Gasteiger partial charge in [0.15, 0.2) is 11.6 Å². The van der Waals surface area contributed by atoms with Gasteiger partial charge in [-0.2, -0.15) is 8.78 Å². The summed E-state index contributed by atoms with van der Waals surface area (Å²) in [4.78, 5) is 36.7. The molecule has 2 aliphatic rings. The van der Waals surface area contributed by atoms with E-state index in [2.05, 4.69) is 5.32 Å². The van der Waals surface area contributed by atoms with Gasteiger partial charge in [-0.3, -0.25) is 14.4 Å². The first-order chi connectivity index (χ1) is 17.8. The van der Waals surface area contributed by atoms with Gasteiger partial charge in [-0.25, -0.2) is 0 Å². The van der Waals surface area contributed by atoms with Crippen molar-refractivity contribution in [2.24, 2.45) is 11.1 Å². The van der Waals surface area contributed by atoms with E-state index in [-0.39, 0.29) is 58.8 Å². The summed E-state index contributed by atoms with van der Waals surface area (Å²) in [5.74, 6) is -0.871. The third kappa shape index (κ3) is 6.17. The molecule has 0 spiro atoms. The van der Waals surface area contributed by atoms with Crippen molar-refractivity contribution in [2.75, 3.05) is 11.9 Å². The van der Waals surface area contributed by atoms with Gasteiger partial charge in [0, 0.05) is 70.3 Å². The third-order valence-corrected chi connectivity index (χ3v) is 7.62. The summed E-state index contributed by atoms with van der Waals surface area (Å²) in [6.45, 7) is 5.76. The molecular weight excluding hydrogens is 607 g/mol. The van der Waals surface area contributed by atoms with Gasteiger partial charge >= 0.3 is 3.93 Å². The Morgan fingerprint density at radius 1 is 1.24 bits per heavy atom. The molecule has 7 nitrogen and oxygen atoms in total. The Balaban J connectivity index is 1.67. The number of rotatable bonds is 9. The average Bonchev–Trinajstić information content (AvgIpc) is 3.22. The first-order valence-corrected chi connectivity index (χ1v) is 13.7. The summed E-state index contributed by atoms with van der Waals surface area (Å²) < 4.78 is 33.2. The molecule has 1 heterocycles. The third-order valence-electron chi connectivity index (χ3n) is 7.04. The molecule has 0 radical (unpaired) electrons. The van der Waals surface area contributed by atoms with E-state index in [1.54, 1.807) is 29.7 Å². The van der Waals surface area contributed by atoms with Crippen molar-refractivity contribution < 1.29 is 27.9 Å². The smallest absolute Gasteiger partial charge is 0.323 e. The lowest BCUT2D eigenvalue weighted by atomic mass is 9.75. The highest BCUT2D eigenvalue weighted by Crippen LogP contribution is 2.45. The number of ether oxygens (including phenoxy) is 1. The van der Waals surface area contributed by atoms with E-state index in [1.807, 2.05) is 26.0 Å². The van der Waals surface area contributed by atoms with Crippen LogP contribution in [0.5, 0.6) is 0 Å². The number of nitrogens with one attached hydrogen (secondary N) is 1. The number of nitrogens with zero attached hydrogens (tertiary/aromatic N) is 1. The maximum Gasteiger partial charge on any atom is 0.323 e. The van der Waals surface area contributed by atoms with Gasteiger partial charge in [-0.15, -0.1) is 0 Å². The highest BCUT2D eigenvalue weighted by molar-refractivity contribution is 14.1. The normalized spacial score (nSPS) is 20.7. The number of hydrogen-bond acceptors (Lipinski definition) is 5. The van der Waals surface area contributed by atoms with Gasteiger partial charge in [-0.05, 0) is 42.9 Å². The molecule has 1 amide bonds. The lowest BCUT2D eigenvalue weighted by Crippen LogP contribution is -2.29. The van der Waals surface area contributed by atoms with E-state index >= 15 is 0 Å². The van der Waals surface area contributed by atoms with Gasteiger partial charge in [-0.1, -0.05) is 32.9 Å². The van der Waals surface area contributed by atoms with Crippen LogP contribution < -0.4 is 11.1 Å². The maximum absolute atomic E-state index is 14.6. The number of benzene rings is 1. The number of amides is 1. The zero-order valence-corrected chi connectivity index (χ0v) is 23.8. The van der Waals surface area contributed by atoms with Crippen molar-refractivity contribution in [3.8, 4) is 5.69 Å². The van der Waals surface area contributed by atoms with E-state index in [1.165, 1.54) is 6.20 Å². The Kier molecular flexibility index (Phi) is 8.13. The average molecular weight is 639 g/mol. The molecule has 2 aromatic rings. The fourth-order valence-corrected chi connectivity index (χ4v) is 5.50. The number of fused-ring (bicyclic) bond motifs is 1. The summed E-state index contributed by atoms with van der Waals surface area (Å²) in [6.07, 6.45) is 7.45. The van der Waals surface area contributed by atoms with Crippen molar-refractivity contribution in [1.29, 1.82) is 0 Å². The van der Waals surface area contributed by atoms with Crippen molar-refractivity contribution in [3.05, 3.63) is 58.9 Å². The standard InChI is InChI=1S/C28H32F2IN3O4/c1-4-18(35)15-38-19-8-5-16(6-9-19)33-22-11-17(7-10-20(22)26(32)37)34-14-21(28(29,30)31)25-23(34)12-27(2,3)13-24(25)36/h5,7-8,10-11,14,16,19,33H,4,6,9,12-13,15H2,1-3H3,(H2,32,37)/t16-,19-/m0/s1. The van der Waals surface area contributed by atoms with Crippen molar-refractivity contribution in [1.82, 2.24) is 4.57 Å². The Morgan fingerprint density at radius 3 is 2.58 bits per heavy atom. The highest BCUT2D eigenvalue weighted by atomic mass is 127. The van der Waals surface area contributed by atoms with Crippen molar-refractivity contribution in [2.45, 2.75) is 69.0 Å². The largest absolute Gasteiger partial charge is 0.378 e. The zero-order valence-electron chi connectivity index (χ0n) is 21.7. The molecule has 0 saturated carbocycles. The number of hydrogen-bond donors (Lipinski definition) is 2. The number of halogens is 3. The number of primary amides is 1.